The highest BCUT2D eigenvalue weighted by Crippen LogP contribution is 2.38. The van der Waals surface area contributed by atoms with Crippen LogP contribution in [0.2, 0.25) is 0 Å². The van der Waals surface area contributed by atoms with Gasteiger partial charge in [-0.25, -0.2) is 4.98 Å². The first-order valence-electron chi connectivity index (χ1n) is 8.74. The van der Waals surface area contributed by atoms with Crippen molar-refractivity contribution >= 4 is 39.1 Å². The number of pyridine rings is 1. The minimum absolute atomic E-state index is 0.0517. The Balaban J connectivity index is 1.53. The van der Waals surface area contributed by atoms with Crippen LogP contribution in [0.15, 0.2) is 35.1 Å². The van der Waals surface area contributed by atoms with Gasteiger partial charge in [0.2, 0.25) is 5.91 Å². The van der Waals surface area contributed by atoms with Crippen LogP contribution in [0.1, 0.15) is 41.2 Å². The predicted molar refractivity (Wildman–Crippen MR) is 105 cm³/mol. The van der Waals surface area contributed by atoms with Gasteiger partial charge in [-0.1, -0.05) is 43.4 Å². The number of aromatic nitrogens is 2. The van der Waals surface area contributed by atoms with Crippen LogP contribution in [-0.2, 0) is 17.6 Å². The Hall–Kier alpha value is -2.80. The first-order valence-corrected chi connectivity index (χ1v) is 9.56. The molecule has 4 rings (SSSR count). The number of fused-ring (bicyclic) bond motifs is 2. The van der Waals surface area contributed by atoms with Crippen LogP contribution in [-0.4, -0.2) is 21.7 Å². The molecule has 1 aliphatic rings. The lowest BCUT2D eigenvalue weighted by molar-refractivity contribution is -0.115. The molecule has 1 aliphatic carbocycles. The maximum absolute atomic E-state index is 12.4. The molecule has 1 aromatic carbocycles. The predicted octanol–water partition coefficient (Wildman–Crippen LogP) is 3.32. The van der Waals surface area contributed by atoms with Crippen LogP contribution in [0.5, 0.6) is 0 Å². The number of H-pyrrole nitrogens is 1. The molecule has 0 saturated carbocycles. The number of nitrogens with one attached hydrogen (secondary N) is 2. The first-order chi connectivity index (χ1) is 12.8. The second kappa shape index (κ2) is 6.42. The molecule has 0 unspecified atom stereocenters. The Morgan fingerprint density at radius 1 is 1.26 bits per heavy atom. The number of hydrogen-bond acceptors (Lipinski definition) is 5. The van der Waals surface area contributed by atoms with E-state index in [9.17, 15) is 14.4 Å². The maximum atomic E-state index is 12.4. The zero-order chi connectivity index (χ0) is 19.2. The number of carbonyl (C=O) groups is 2. The number of para-hydroxylation sites is 1. The van der Waals surface area contributed by atoms with E-state index in [2.05, 4.69) is 15.3 Å². The molecule has 2 N–H and O–H groups in total. The van der Waals surface area contributed by atoms with Crippen LogP contribution < -0.4 is 10.9 Å². The van der Waals surface area contributed by atoms with E-state index in [1.807, 2.05) is 38.1 Å². The number of thiazole rings is 1. The summed E-state index contributed by atoms with van der Waals surface area (Å²) in [5.41, 5.74) is 1.49. The summed E-state index contributed by atoms with van der Waals surface area (Å²) in [7, 11) is 0. The zero-order valence-corrected chi connectivity index (χ0v) is 15.9. The molecule has 2 heterocycles. The molecule has 7 heteroatoms. The maximum Gasteiger partial charge on any atom is 0.252 e. The largest absolute Gasteiger partial charge is 0.322 e. The van der Waals surface area contributed by atoms with Gasteiger partial charge in [-0.05, 0) is 29.4 Å². The van der Waals surface area contributed by atoms with Crippen molar-refractivity contribution in [1.82, 2.24) is 9.97 Å². The number of amides is 1. The lowest BCUT2D eigenvalue weighted by atomic mass is 9.78. The molecule has 27 heavy (non-hydrogen) atoms. The summed E-state index contributed by atoms with van der Waals surface area (Å²) in [4.78, 5) is 44.7. The molecular formula is C20H19N3O3S. The van der Waals surface area contributed by atoms with Gasteiger partial charge in [0.1, 0.15) is 0 Å². The Morgan fingerprint density at radius 3 is 2.85 bits per heavy atom. The fraction of sp³-hybridized carbons (Fsp3) is 0.300. The molecule has 0 bridgehead atoms. The Labute approximate surface area is 159 Å². The standard InChI is InChI=1S/C20H19N3O3S/c1-20(2)9-14-17(15(24)10-20)27-19(22-14)23-16(25)8-12-7-11-5-3-4-6-13(11)21-18(12)26/h3-7H,8-10H2,1-2H3,(H,21,26)(H,22,23,25). The van der Waals surface area contributed by atoms with Crippen molar-refractivity contribution in [2.45, 2.75) is 33.1 Å². The Bertz CT molecular complexity index is 1130. The van der Waals surface area contributed by atoms with E-state index >= 15 is 0 Å². The third-order valence-corrected chi connectivity index (χ3v) is 5.72. The normalized spacial score (nSPS) is 15.6. The van der Waals surface area contributed by atoms with E-state index in [4.69, 9.17) is 0 Å². The van der Waals surface area contributed by atoms with E-state index in [1.165, 1.54) is 11.3 Å². The molecule has 6 nitrogen and oxygen atoms in total. The fourth-order valence-corrected chi connectivity index (χ4v) is 4.37. The summed E-state index contributed by atoms with van der Waals surface area (Å²) >= 11 is 1.21. The van der Waals surface area contributed by atoms with Crippen LogP contribution in [0.4, 0.5) is 5.13 Å². The second-order valence-electron chi connectivity index (χ2n) is 7.67. The smallest absolute Gasteiger partial charge is 0.252 e. The van der Waals surface area contributed by atoms with Crippen molar-refractivity contribution in [2.24, 2.45) is 5.41 Å². The third kappa shape index (κ3) is 3.55. The van der Waals surface area contributed by atoms with Crippen LogP contribution in [0, 0.1) is 5.41 Å². The molecule has 0 spiro atoms. The van der Waals surface area contributed by atoms with Crippen molar-refractivity contribution in [2.75, 3.05) is 5.32 Å². The van der Waals surface area contributed by atoms with Crippen LogP contribution in [0.25, 0.3) is 10.9 Å². The molecule has 2 aromatic heterocycles. The fourth-order valence-electron chi connectivity index (χ4n) is 3.43. The molecule has 0 radical (unpaired) electrons. The number of anilines is 1. The number of ketones is 1. The molecule has 0 saturated heterocycles. The van der Waals surface area contributed by atoms with E-state index in [1.54, 1.807) is 6.07 Å². The molecular weight excluding hydrogens is 362 g/mol. The van der Waals surface area contributed by atoms with Gasteiger partial charge in [0.05, 0.1) is 17.0 Å². The Morgan fingerprint density at radius 2 is 2.04 bits per heavy atom. The number of carbonyl (C=O) groups excluding carboxylic acids is 2. The van der Waals surface area contributed by atoms with Crippen LogP contribution >= 0.6 is 11.3 Å². The number of rotatable bonds is 3. The van der Waals surface area contributed by atoms with Gasteiger partial charge in [0.25, 0.3) is 5.56 Å². The summed E-state index contributed by atoms with van der Waals surface area (Å²) in [6.45, 7) is 4.08. The summed E-state index contributed by atoms with van der Waals surface area (Å²) in [6, 6.07) is 9.15. The highest BCUT2D eigenvalue weighted by Gasteiger charge is 2.34. The summed E-state index contributed by atoms with van der Waals surface area (Å²) in [5, 5.41) is 4.02. The first kappa shape index (κ1) is 17.6. The molecule has 0 aliphatic heterocycles. The SMILES string of the molecule is CC1(C)CC(=O)c2sc(NC(=O)Cc3cc4ccccc4[nH]c3=O)nc2C1. The van der Waals surface area contributed by atoms with E-state index in [-0.39, 0.29) is 29.1 Å². The Kier molecular flexibility index (Phi) is 4.19. The minimum Gasteiger partial charge on any atom is -0.322 e. The monoisotopic (exact) mass is 381 g/mol. The molecule has 0 fully saturated rings. The second-order valence-corrected chi connectivity index (χ2v) is 8.67. The summed E-state index contributed by atoms with van der Waals surface area (Å²) in [6.07, 6.45) is 1.15. The van der Waals surface area contributed by atoms with Crippen molar-refractivity contribution in [1.29, 1.82) is 0 Å². The van der Waals surface area contributed by atoms with E-state index in [0.29, 0.717) is 28.4 Å². The number of benzene rings is 1. The average molecular weight is 381 g/mol. The van der Waals surface area contributed by atoms with Gasteiger partial charge >= 0.3 is 0 Å². The van der Waals surface area contributed by atoms with Gasteiger partial charge in [-0.3, -0.25) is 14.4 Å². The van der Waals surface area contributed by atoms with Crippen LogP contribution in [0.3, 0.4) is 0 Å². The lowest BCUT2D eigenvalue weighted by Gasteiger charge is -2.26. The average Bonchev–Trinajstić information content (AvgIpc) is 2.96. The zero-order valence-electron chi connectivity index (χ0n) is 15.1. The molecule has 1 amide bonds. The van der Waals surface area contributed by atoms with Gasteiger partial charge in [0.15, 0.2) is 10.9 Å². The van der Waals surface area contributed by atoms with Crippen molar-refractivity contribution in [3.05, 3.63) is 56.8 Å². The molecule has 0 atom stereocenters. The number of hydrogen-bond donors (Lipinski definition) is 2. The van der Waals surface area contributed by atoms with Gasteiger partial charge < -0.3 is 10.3 Å². The van der Waals surface area contributed by atoms with Gasteiger partial charge in [0, 0.05) is 17.5 Å². The van der Waals surface area contributed by atoms with Gasteiger partial charge in [-0.2, -0.15) is 0 Å². The highest BCUT2D eigenvalue weighted by molar-refractivity contribution is 7.17. The molecule has 3 aromatic rings. The lowest BCUT2D eigenvalue weighted by Crippen LogP contribution is -2.26. The van der Waals surface area contributed by atoms with Crippen molar-refractivity contribution < 1.29 is 9.59 Å². The van der Waals surface area contributed by atoms with E-state index in [0.717, 1.165) is 16.6 Å². The number of Topliss-reactive ketones (excluding diaryl/α,β-unsaturated/α-hetero) is 1. The highest BCUT2D eigenvalue weighted by atomic mass is 32.1. The third-order valence-electron chi connectivity index (χ3n) is 4.66. The summed E-state index contributed by atoms with van der Waals surface area (Å²) < 4.78 is 0. The van der Waals surface area contributed by atoms with E-state index < -0.39 is 0 Å². The summed E-state index contributed by atoms with van der Waals surface area (Å²) in [5.74, 6) is -0.251. The number of aromatic amines is 1. The van der Waals surface area contributed by atoms with Crippen molar-refractivity contribution in [3.8, 4) is 0 Å². The minimum atomic E-state index is -0.325. The van der Waals surface area contributed by atoms with Crippen molar-refractivity contribution in [3.63, 3.8) is 0 Å². The quantitative estimate of drug-likeness (QED) is 0.728. The van der Waals surface area contributed by atoms with Gasteiger partial charge in [-0.15, -0.1) is 0 Å². The molecule has 138 valence electrons. The number of nitrogens with zero attached hydrogens (tertiary/aromatic N) is 1. The topological polar surface area (TPSA) is 91.9 Å².